The number of hydrogen-bond donors (Lipinski definition) is 3. The van der Waals surface area contributed by atoms with Gasteiger partial charge in [0.25, 0.3) is 0 Å². The van der Waals surface area contributed by atoms with Gasteiger partial charge in [-0.1, -0.05) is 29.3 Å². The van der Waals surface area contributed by atoms with Crippen LogP contribution in [0.3, 0.4) is 0 Å². The van der Waals surface area contributed by atoms with E-state index in [1.807, 2.05) is 6.92 Å². The lowest BCUT2D eigenvalue weighted by atomic mass is 10.1. The fraction of sp³-hybridized carbons (Fsp3) is 0.222. The number of hydrogen-bond acceptors (Lipinski definition) is 3. The molecule has 5 nitrogen and oxygen atoms in total. The summed E-state index contributed by atoms with van der Waals surface area (Å²) in [5.74, 6) is -1.13. The zero-order valence-electron chi connectivity index (χ0n) is 14.0. The molecule has 0 spiro atoms. The molecule has 0 saturated carbocycles. The first kappa shape index (κ1) is 20.2. The van der Waals surface area contributed by atoms with Crippen molar-refractivity contribution < 1.29 is 14.0 Å². The van der Waals surface area contributed by atoms with E-state index < -0.39 is 11.7 Å². The van der Waals surface area contributed by atoms with E-state index >= 15 is 0 Å². The molecule has 3 N–H and O–H groups in total. The third kappa shape index (κ3) is 6.29. The number of halogens is 3. The number of anilines is 1. The van der Waals surface area contributed by atoms with E-state index in [4.69, 9.17) is 23.2 Å². The van der Waals surface area contributed by atoms with Gasteiger partial charge >= 0.3 is 0 Å². The molecule has 138 valence electrons. The monoisotopic (exact) mass is 397 g/mol. The van der Waals surface area contributed by atoms with Gasteiger partial charge in [-0.15, -0.1) is 0 Å². The molecule has 0 bridgehead atoms. The average molecular weight is 398 g/mol. The molecule has 0 aliphatic carbocycles. The topological polar surface area (TPSA) is 70.2 Å². The minimum Gasteiger partial charge on any atom is -0.346 e. The van der Waals surface area contributed by atoms with Gasteiger partial charge in [0, 0.05) is 21.8 Å². The van der Waals surface area contributed by atoms with E-state index in [1.54, 1.807) is 18.2 Å². The summed E-state index contributed by atoms with van der Waals surface area (Å²) in [6.45, 7) is 1.70. The molecule has 0 aliphatic rings. The van der Waals surface area contributed by atoms with Crippen LogP contribution in [0.2, 0.25) is 10.0 Å². The summed E-state index contributed by atoms with van der Waals surface area (Å²) in [5, 5.41) is 9.13. The summed E-state index contributed by atoms with van der Waals surface area (Å²) in [7, 11) is 0. The summed E-state index contributed by atoms with van der Waals surface area (Å²) in [4.78, 5) is 23.6. The SMILES string of the molecule is C[C@@H](NCC(=O)NCC(=O)Nc1ccc(F)cc1)c1ccc(Cl)cc1Cl. The standard InChI is InChI=1S/C18H18Cl2FN3O2/c1-11(15-7-2-12(19)8-16(15)20)22-9-17(25)23-10-18(26)24-14-5-3-13(21)4-6-14/h2-8,11,22H,9-10H2,1H3,(H,23,25)(H,24,26)/t11-/m1/s1. The predicted molar refractivity (Wildman–Crippen MR) is 101 cm³/mol. The molecular weight excluding hydrogens is 380 g/mol. The Kier molecular flexibility index (Phi) is 7.38. The van der Waals surface area contributed by atoms with Crippen molar-refractivity contribution in [2.75, 3.05) is 18.4 Å². The highest BCUT2D eigenvalue weighted by molar-refractivity contribution is 6.35. The van der Waals surface area contributed by atoms with Crippen LogP contribution < -0.4 is 16.0 Å². The normalized spacial score (nSPS) is 11.7. The average Bonchev–Trinajstić information content (AvgIpc) is 2.60. The molecule has 26 heavy (non-hydrogen) atoms. The molecule has 0 heterocycles. The maximum Gasteiger partial charge on any atom is 0.243 e. The van der Waals surface area contributed by atoms with Crippen LogP contribution in [-0.4, -0.2) is 24.9 Å². The maximum absolute atomic E-state index is 12.8. The van der Waals surface area contributed by atoms with Crippen LogP contribution in [0.15, 0.2) is 42.5 Å². The van der Waals surface area contributed by atoms with E-state index in [-0.39, 0.29) is 25.0 Å². The Labute approximate surface area is 160 Å². The van der Waals surface area contributed by atoms with Crippen molar-refractivity contribution in [2.24, 2.45) is 0 Å². The third-order valence-corrected chi connectivity index (χ3v) is 4.13. The Balaban J connectivity index is 1.74. The second-order valence-corrected chi connectivity index (χ2v) is 6.44. The molecule has 2 aromatic carbocycles. The highest BCUT2D eigenvalue weighted by Crippen LogP contribution is 2.25. The summed E-state index contributed by atoms with van der Waals surface area (Å²) in [6.07, 6.45) is 0. The summed E-state index contributed by atoms with van der Waals surface area (Å²) in [6, 6.07) is 10.3. The van der Waals surface area contributed by atoms with Crippen molar-refractivity contribution in [1.82, 2.24) is 10.6 Å². The van der Waals surface area contributed by atoms with E-state index in [1.165, 1.54) is 24.3 Å². The van der Waals surface area contributed by atoms with Crippen molar-refractivity contribution in [3.63, 3.8) is 0 Å². The van der Waals surface area contributed by atoms with Gasteiger partial charge in [0.1, 0.15) is 5.82 Å². The minimum atomic E-state index is -0.404. The van der Waals surface area contributed by atoms with Crippen molar-refractivity contribution in [3.05, 3.63) is 63.9 Å². The molecule has 0 radical (unpaired) electrons. The predicted octanol–water partition coefficient (Wildman–Crippen LogP) is 3.54. The van der Waals surface area contributed by atoms with Crippen LogP contribution in [0.5, 0.6) is 0 Å². The van der Waals surface area contributed by atoms with Gasteiger partial charge in [-0.3, -0.25) is 9.59 Å². The van der Waals surface area contributed by atoms with Gasteiger partial charge < -0.3 is 16.0 Å². The Hall–Kier alpha value is -2.15. The van der Waals surface area contributed by atoms with Crippen LogP contribution in [0.4, 0.5) is 10.1 Å². The molecule has 2 aromatic rings. The van der Waals surface area contributed by atoms with Crippen molar-refractivity contribution in [1.29, 1.82) is 0 Å². The first-order valence-electron chi connectivity index (χ1n) is 7.85. The van der Waals surface area contributed by atoms with E-state index in [0.29, 0.717) is 15.7 Å². The summed E-state index contributed by atoms with van der Waals surface area (Å²) < 4.78 is 12.8. The summed E-state index contributed by atoms with van der Waals surface area (Å²) >= 11 is 12.0. The number of nitrogens with one attached hydrogen (secondary N) is 3. The van der Waals surface area contributed by atoms with Gasteiger partial charge in [-0.25, -0.2) is 4.39 Å². The van der Waals surface area contributed by atoms with Crippen LogP contribution >= 0.6 is 23.2 Å². The van der Waals surface area contributed by atoms with Crippen LogP contribution in [0.1, 0.15) is 18.5 Å². The highest BCUT2D eigenvalue weighted by Gasteiger charge is 2.12. The van der Waals surface area contributed by atoms with Crippen molar-refractivity contribution in [2.45, 2.75) is 13.0 Å². The van der Waals surface area contributed by atoms with E-state index in [9.17, 15) is 14.0 Å². The lowest BCUT2D eigenvalue weighted by Gasteiger charge is -2.15. The van der Waals surface area contributed by atoms with Gasteiger partial charge in [0.05, 0.1) is 13.1 Å². The van der Waals surface area contributed by atoms with Crippen LogP contribution in [0, 0.1) is 5.82 Å². The van der Waals surface area contributed by atoms with Crippen molar-refractivity contribution in [3.8, 4) is 0 Å². The fourth-order valence-corrected chi connectivity index (χ4v) is 2.76. The Morgan fingerprint density at radius 2 is 1.73 bits per heavy atom. The molecule has 0 unspecified atom stereocenters. The van der Waals surface area contributed by atoms with Crippen LogP contribution in [0.25, 0.3) is 0 Å². The first-order valence-corrected chi connectivity index (χ1v) is 8.61. The second kappa shape index (κ2) is 9.52. The Morgan fingerprint density at radius 1 is 1.04 bits per heavy atom. The largest absolute Gasteiger partial charge is 0.346 e. The van der Waals surface area contributed by atoms with Gasteiger partial charge in [0.2, 0.25) is 11.8 Å². The van der Waals surface area contributed by atoms with Gasteiger partial charge in [-0.05, 0) is 48.9 Å². The molecule has 0 saturated heterocycles. The van der Waals surface area contributed by atoms with Gasteiger partial charge in [-0.2, -0.15) is 0 Å². The second-order valence-electron chi connectivity index (χ2n) is 5.60. The lowest BCUT2D eigenvalue weighted by molar-refractivity contribution is -0.123. The van der Waals surface area contributed by atoms with Crippen LogP contribution in [-0.2, 0) is 9.59 Å². The third-order valence-electron chi connectivity index (χ3n) is 3.57. The zero-order chi connectivity index (χ0) is 19.1. The molecule has 8 heteroatoms. The Morgan fingerprint density at radius 3 is 2.38 bits per heavy atom. The number of rotatable bonds is 7. The molecule has 2 rings (SSSR count). The quantitative estimate of drug-likeness (QED) is 0.668. The highest BCUT2D eigenvalue weighted by atomic mass is 35.5. The fourth-order valence-electron chi connectivity index (χ4n) is 2.19. The number of benzene rings is 2. The lowest BCUT2D eigenvalue weighted by Crippen LogP contribution is -2.39. The maximum atomic E-state index is 12.8. The first-order chi connectivity index (χ1) is 12.3. The number of carbonyl (C=O) groups is 2. The summed E-state index contributed by atoms with van der Waals surface area (Å²) in [5.41, 5.74) is 1.27. The number of amides is 2. The van der Waals surface area contributed by atoms with Crippen molar-refractivity contribution >= 4 is 40.7 Å². The number of carbonyl (C=O) groups excluding carboxylic acids is 2. The molecule has 0 aromatic heterocycles. The zero-order valence-corrected chi connectivity index (χ0v) is 15.5. The van der Waals surface area contributed by atoms with Gasteiger partial charge in [0.15, 0.2) is 0 Å². The minimum absolute atomic E-state index is 0.0178. The molecule has 0 fully saturated rings. The Bertz CT molecular complexity index is 785. The van der Waals surface area contributed by atoms with E-state index in [0.717, 1.165) is 5.56 Å². The van der Waals surface area contributed by atoms with E-state index in [2.05, 4.69) is 16.0 Å². The smallest absolute Gasteiger partial charge is 0.243 e. The molecule has 1 atom stereocenters. The molecular formula is C18H18Cl2FN3O2. The molecule has 0 aliphatic heterocycles. The molecule has 2 amide bonds.